The zero-order valence-corrected chi connectivity index (χ0v) is 19.6. The molecule has 0 spiro atoms. The van der Waals surface area contributed by atoms with Crippen molar-refractivity contribution in [2.45, 2.75) is 50.7 Å². The fourth-order valence-corrected chi connectivity index (χ4v) is 4.52. The van der Waals surface area contributed by atoms with Crippen molar-refractivity contribution in [3.8, 4) is 0 Å². The number of carbonyl (C=O) groups is 3. The molecule has 3 aromatic rings. The van der Waals surface area contributed by atoms with Crippen molar-refractivity contribution in [2.75, 3.05) is 17.2 Å². The summed E-state index contributed by atoms with van der Waals surface area (Å²) in [6.45, 7) is 0.743. The van der Waals surface area contributed by atoms with Crippen molar-refractivity contribution in [3.05, 3.63) is 59.8 Å². The van der Waals surface area contributed by atoms with Crippen LogP contribution in [-0.2, 0) is 16.1 Å². The van der Waals surface area contributed by atoms with E-state index in [-0.39, 0.29) is 30.3 Å². The molecule has 0 saturated heterocycles. The van der Waals surface area contributed by atoms with Crippen molar-refractivity contribution in [1.29, 1.82) is 0 Å². The van der Waals surface area contributed by atoms with E-state index in [1.165, 1.54) is 0 Å². The summed E-state index contributed by atoms with van der Waals surface area (Å²) in [5, 5.41) is 9.58. The number of carbonyl (C=O) groups excluding carboxylic acids is 3. The number of aromatic nitrogens is 1. The normalized spacial score (nSPS) is 17.7. The van der Waals surface area contributed by atoms with E-state index in [0.29, 0.717) is 36.6 Å². The summed E-state index contributed by atoms with van der Waals surface area (Å²) in [6.07, 6.45) is 4.45. The fourth-order valence-electron chi connectivity index (χ4n) is 4.52. The Bertz CT molecular complexity index is 1200. The van der Waals surface area contributed by atoms with E-state index in [1.807, 2.05) is 53.1 Å². The molecule has 4 rings (SSSR count). The molecule has 1 aliphatic rings. The quantitative estimate of drug-likeness (QED) is 0.302. The van der Waals surface area contributed by atoms with E-state index < -0.39 is 0 Å². The van der Waals surface area contributed by atoms with Gasteiger partial charge in [-0.05, 0) is 61.6 Å². The topological polar surface area (TPSA) is 144 Å². The molecule has 1 heterocycles. The Morgan fingerprint density at radius 1 is 1.00 bits per heavy atom. The molecule has 3 amide bonds. The number of hydrogen-bond donors (Lipinski definition) is 5. The monoisotopic (exact) mass is 476 g/mol. The summed E-state index contributed by atoms with van der Waals surface area (Å²) < 4.78 is 1.96. The first-order valence-electron chi connectivity index (χ1n) is 12.0. The van der Waals surface area contributed by atoms with Gasteiger partial charge in [-0.2, -0.15) is 0 Å². The number of nitrogens with two attached hydrogens (primary N) is 2. The second-order valence-corrected chi connectivity index (χ2v) is 9.02. The lowest BCUT2D eigenvalue weighted by molar-refractivity contribution is -0.116. The Labute approximate surface area is 204 Å². The number of anilines is 2. The molecule has 35 heavy (non-hydrogen) atoms. The van der Waals surface area contributed by atoms with Crippen molar-refractivity contribution >= 4 is 40.5 Å². The van der Waals surface area contributed by atoms with Crippen molar-refractivity contribution < 1.29 is 14.4 Å². The molecule has 0 unspecified atom stereocenters. The Morgan fingerprint density at radius 3 is 2.40 bits per heavy atom. The standard InChI is InChI=1S/C26H32N6O3/c27-12-11-25(34)30-20-6-1-17(2-7-20)15-32-23-14-22(29-16-33)8-3-18(23)13-24(32)26(35)31-21-9-4-19(28)5-10-21/h1-3,6-8,13-14,16,19,21H,4-5,9-12,15,27-28H2,(H,29,33)(H,30,34)(H,31,35). The second kappa shape index (κ2) is 11.2. The lowest BCUT2D eigenvalue weighted by Gasteiger charge is -2.27. The number of hydrogen-bond acceptors (Lipinski definition) is 5. The third-order valence-corrected chi connectivity index (χ3v) is 6.42. The molecule has 7 N–H and O–H groups in total. The highest BCUT2D eigenvalue weighted by molar-refractivity contribution is 6.00. The lowest BCUT2D eigenvalue weighted by atomic mass is 9.92. The van der Waals surface area contributed by atoms with E-state index in [9.17, 15) is 14.4 Å². The van der Waals surface area contributed by atoms with Gasteiger partial charge in [0.05, 0.1) is 5.52 Å². The summed E-state index contributed by atoms with van der Waals surface area (Å²) in [5.74, 6) is -0.258. The molecule has 0 atom stereocenters. The maximum absolute atomic E-state index is 13.3. The van der Waals surface area contributed by atoms with Gasteiger partial charge in [0.15, 0.2) is 0 Å². The van der Waals surface area contributed by atoms with Crippen LogP contribution < -0.4 is 27.4 Å². The smallest absolute Gasteiger partial charge is 0.268 e. The SMILES string of the molecule is NCCC(=O)Nc1ccc(Cn2c(C(=O)NC3CCC(N)CC3)cc3ccc(NC=O)cc32)cc1. The van der Waals surface area contributed by atoms with Crippen LogP contribution in [0, 0.1) is 0 Å². The number of benzene rings is 2. The Morgan fingerprint density at radius 2 is 1.71 bits per heavy atom. The minimum Gasteiger partial charge on any atom is -0.348 e. The van der Waals surface area contributed by atoms with Crippen LogP contribution in [0.15, 0.2) is 48.5 Å². The molecule has 2 aromatic carbocycles. The molecule has 1 aliphatic carbocycles. The van der Waals surface area contributed by atoms with Gasteiger partial charge in [0.1, 0.15) is 5.69 Å². The molecule has 0 radical (unpaired) electrons. The first-order valence-corrected chi connectivity index (χ1v) is 12.0. The van der Waals surface area contributed by atoms with E-state index in [0.717, 1.165) is 42.1 Å². The number of nitrogens with one attached hydrogen (secondary N) is 3. The zero-order valence-electron chi connectivity index (χ0n) is 19.6. The predicted octanol–water partition coefficient (Wildman–Crippen LogP) is 2.54. The zero-order chi connectivity index (χ0) is 24.8. The van der Waals surface area contributed by atoms with Gasteiger partial charge in [0.25, 0.3) is 5.91 Å². The van der Waals surface area contributed by atoms with Gasteiger partial charge >= 0.3 is 0 Å². The molecule has 0 bridgehead atoms. The number of fused-ring (bicyclic) bond motifs is 1. The van der Waals surface area contributed by atoms with Crippen LogP contribution >= 0.6 is 0 Å². The van der Waals surface area contributed by atoms with Crippen LogP contribution in [0.2, 0.25) is 0 Å². The van der Waals surface area contributed by atoms with Crippen LogP contribution in [-0.4, -0.2) is 41.4 Å². The van der Waals surface area contributed by atoms with Crippen molar-refractivity contribution in [1.82, 2.24) is 9.88 Å². The molecule has 1 saturated carbocycles. The highest BCUT2D eigenvalue weighted by atomic mass is 16.2. The first kappa shape index (κ1) is 24.4. The summed E-state index contributed by atoms with van der Waals surface area (Å²) in [5.41, 5.74) is 15.2. The largest absolute Gasteiger partial charge is 0.348 e. The number of rotatable bonds is 9. The van der Waals surface area contributed by atoms with Gasteiger partial charge in [-0.25, -0.2) is 0 Å². The molecule has 1 fully saturated rings. The van der Waals surface area contributed by atoms with Crippen LogP contribution in [0.1, 0.15) is 48.2 Å². The molecular formula is C26H32N6O3. The minimum absolute atomic E-state index is 0.109. The van der Waals surface area contributed by atoms with Gasteiger partial charge in [0.2, 0.25) is 12.3 Å². The number of amides is 3. The molecule has 1 aromatic heterocycles. The summed E-state index contributed by atoms with van der Waals surface area (Å²) in [6, 6.07) is 15.3. The van der Waals surface area contributed by atoms with E-state index >= 15 is 0 Å². The molecular weight excluding hydrogens is 444 g/mol. The molecule has 9 heteroatoms. The van der Waals surface area contributed by atoms with Gasteiger partial charge in [0, 0.05) is 48.4 Å². The van der Waals surface area contributed by atoms with Crippen LogP contribution in [0.3, 0.4) is 0 Å². The van der Waals surface area contributed by atoms with Gasteiger partial charge < -0.3 is 32.0 Å². The van der Waals surface area contributed by atoms with Crippen LogP contribution in [0.5, 0.6) is 0 Å². The average Bonchev–Trinajstić information content (AvgIpc) is 3.20. The lowest BCUT2D eigenvalue weighted by Crippen LogP contribution is -2.41. The predicted molar refractivity (Wildman–Crippen MR) is 137 cm³/mol. The number of nitrogens with zero attached hydrogens (tertiary/aromatic N) is 1. The van der Waals surface area contributed by atoms with Gasteiger partial charge in [-0.15, -0.1) is 0 Å². The van der Waals surface area contributed by atoms with Gasteiger partial charge in [-0.3, -0.25) is 14.4 Å². The van der Waals surface area contributed by atoms with Crippen molar-refractivity contribution in [3.63, 3.8) is 0 Å². The maximum Gasteiger partial charge on any atom is 0.268 e. The fraction of sp³-hybridized carbons (Fsp3) is 0.346. The third kappa shape index (κ3) is 6.06. The molecule has 184 valence electrons. The second-order valence-electron chi connectivity index (χ2n) is 9.02. The summed E-state index contributed by atoms with van der Waals surface area (Å²) in [4.78, 5) is 36.1. The first-order chi connectivity index (χ1) is 17.0. The van der Waals surface area contributed by atoms with Crippen LogP contribution in [0.25, 0.3) is 10.9 Å². The molecule has 0 aliphatic heterocycles. The highest BCUT2D eigenvalue weighted by Crippen LogP contribution is 2.26. The Kier molecular flexibility index (Phi) is 7.79. The van der Waals surface area contributed by atoms with Crippen molar-refractivity contribution in [2.24, 2.45) is 11.5 Å². The maximum atomic E-state index is 13.3. The van der Waals surface area contributed by atoms with E-state index in [4.69, 9.17) is 11.5 Å². The minimum atomic E-state index is -0.130. The highest BCUT2D eigenvalue weighted by Gasteiger charge is 2.23. The van der Waals surface area contributed by atoms with Gasteiger partial charge in [-0.1, -0.05) is 18.2 Å². The summed E-state index contributed by atoms with van der Waals surface area (Å²) >= 11 is 0. The van der Waals surface area contributed by atoms with Crippen LogP contribution in [0.4, 0.5) is 11.4 Å². The Balaban J connectivity index is 1.61. The average molecular weight is 477 g/mol. The Hall–Kier alpha value is -3.69. The van der Waals surface area contributed by atoms with E-state index in [1.54, 1.807) is 0 Å². The molecule has 9 nitrogen and oxygen atoms in total. The summed E-state index contributed by atoms with van der Waals surface area (Å²) in [7, 11) is 0. The third-order valence-electron chi connectivity index (χ3n) is 6.42. The van der Waals surface area contributed by atoms with E-state index in [2.05, 4.69) is 16.0 Å².